The van der Waals surface area contributed by atoms with E-state index in [2.05, 4.69) is 0 Å². The van der Waals surface area contributed by atoms with Gasteiger partial charge in [-0.05, 0) is 30.7 Å². The van der Waals surface area contributed by atoms with Crippen LogP contribution in [0.5, 0.6) is 0 Å². The maximum absolute atomic E-state index is 12.5. The van der Waals surface area contributed by atoms with Crippen molar-refractivity contribution in [2.24, 2.45) is 11.5 Å². The highest BCUT2D eigenvalue weighted by molar-refractivity contribution is 5.85. The molecule has 1 aromatic carbocycles. The van der Waals surface area contributed by atoms with Gasteiger partial charge in [-0.15, -0.1) is 12.4 Å². The van der Waals surface area contributed by atoms with Gasteiger partial charge in [-0.25, -0.2) is 4.39 Å². The molecule has 13 heavy (non-hydrogen) atoms. The van der Waals surface area contributed by atoms with E-state index in [1.807, 2.05) is 0 Å². The summed E-state index contributed by atoms with van der Waals surface area (Å²) in [7, 11) is 0. The molecule has 0 aliphatic heterocycles. The van der Waals surface area contributed by atoms with E-state index in [4.69, 9.17) is 11.5 Å². The fourth-order valence-electron chi connectivity index (χ4n) is 1.06. The predicted octanol–water partition coefficient (Wildman–Crippen LogP) is 1.60. The second-order valence-corrected chi connectivity index (χ2v) is 2.74. The van der Waals surface area contributed by atoms with Crippen LogP contribution in [0.4, 0.5) is 4.39 Å². The molecule has 0 bridgehead atoms. The van der Waals surface area contributed by atoms with Gasteiger partial charge in [-0.2, -0.15) is 0 Å². The van der Waals surface area contributed by atoms with E-state index >= 15 is 0 Å². The van der Waals surface area contributed by atoms with Crippen molar-refractivity contribution in [2.45, 2.75) is 12.5 Å². The van der Waals surface area contributed by atoms with E-state index in [1.165, 1.54) is 12.1 Å². The Labute approximate surface area is 83.5 Å². The fourth-order valence-corrected chi connectivity index (χ4v) is 1.06. The average molecular weight is 205 g/mol. The first kappa shape index (κ1) is 12.4. The number of nitrogens with two attached hydrogens (primary N) is 2. The highest BCUT2D eigenvalue weighted by Gasteiger charge is 2.03. The molecule has 0 unspecified atom stereocenters. The standard InChI is InChI=1S/C9H13FN2.ClH/c10-8-3-1-7(2-4-8)9(12)5-6-11;/h1-4,9H,5-6,11-12H2;1H/t9-;/m1./s1. The Balaban J connectivity index is 0.00000144. The largest absolute Gasteiger partial charge is 0.330 e. The van der Waals surface area contributed by atoms with Crippen molar-refractivity contribution < 1.29 is 4.39 Å². The van der Waals surface area contributed by atoms with E-state index in [9.17, 15) is 4.39 Å². The van der Waals surface area contributed by atoms with Crippen LogP contribution in [0, 0.1) is 5.82 Å². The zero-order valence-corrected chi connectivity index (χ0v) is 8.06. The number of hydrogen-bond donors (Lipinski definition) is 2. The molecule has 74 valence electrons. The molecule has 0 fully saturated rings. The van der Waals surface area contributed by atoms with Gasteiger partial charge in [0.1, 0.15) is 5.82 Å². The molecule has 0 aliphatic rings. The van der Waals surface area contributed by atoms with Gasteiger partial charge in [0.2, 0.25) is 0 Å². The Morgan fingerprint density at radius 1 is 1.23 bits per heavy atom. The number of hydrogen-bond acceptors (Lipinski definition) is 2. The third-order valence-electron chi connectivity index (χ3n) is 1.78. The Kier molecular flexibility index (Phi) is 5.62. The Morgan fingerprint density at radius 3 is 2.23 bits per heavy atom. The van der Waals surface area contributed by atoms with E-state index < -0.39 is 0 Å². The van der Waals surface area contributed by atoms with E-state index in [1.54, 1.807) is 12.1 Å². The lowest BCUT2D eigenvalue weighted by Crippen LogP contribution is -2.15. The molecule has 0 saturated carbocycles. The van der Waals surface area contributed by atoms with Crippen molar-refractivity contribution in [3.8, 4) is 0 Å². The number of rotatable bonds is 3. The van der Waals surface area contributed by atoms with Crippen LogP contribution in [0.2, 0.25) is 0 Å². The Hall–Kier alpha value is -0.640. The van der Waals surface area contributed by atoms with Gasteiger partial charge in [0.05, 0.1) is 0 Å². The van der Waals surface area contributed by atoms with Gasteiger partial charge in [-0.3, -0.25) is 0 Å². The SMILES string of the molecule is Cl.NCC[C@@H](N)c1ccc(F)cc1. The highest BCUT2D eigenvalue weighted by atomic mass is 35.5. The van der Waals surface area contributed by atoms with E-state index in [0.29, 0.717) is 6.54 Å². The van der Waals surface area contributed by atoms with Crippen LogP contribution in [-0.4, -0.2) is 6.54 Å². The molecule has 0 aromatic heterocycles. The monoisotopic (exact) mass is 204 g/mol. The lowest BCUT2D eigenvalue weighted by molar-refractivity contribution is 0.621. The fraction of sp³-hybridized carbons (Fsp3) is 0.333. The topological polar surface area (TPSA) is 52.0 Å². The van der Waals surface area contributed by atoms with Crippen molar-refractivity contribution in [2.75, 3.05) is 6.54 Å². The lowest BCUT2D eigenvalue weighted by atomic mass is 10.1. The first-order valence-corrected chi connectivity index (χ1v) is 3.95. The van der Waals surface area contributed by atoms with Crippen LogP contribution in [0.1, 0.15) is 18.0 Å². The molecular formula is C9H14ClFN2. The number of halogens is 2. The van der Waals surface area contributed by atoms with Crippen molar-refractivity contribution in [3.63, 3.8) is 0 Å². The molecule has 4 N–H and O–H groups in total. The third kappa shape index (κ3) is 3.72. The molecule has 0 aliphatic carbocycles. The quantitative estimate of drug-likeness (QED) is 0.786. The van der Waals surface area contributed by atoms with Crippen molar-refractivity contribution in [3.05, 3.63) is 35.6 Å². The summed E-state index contributed by atoms with van der Waals surface area (Å²) in [5.41, 5.74) is 12.0. The van der Waals surface area contributed by atoms with Crippen LogP contribution in [0.3, 0.4) is 0 Å². The zero-order valence-electron chi connectivity index (χ0n) is 7.24. The molecule has 1 rings (SSSR count). The maximum atomic E-state index is 12.5. The summed E-state index contributed by atoms with van der Waals surface area (Å²) in [6.45, 7) is 0.554. The predicted molar refractivity (Wildman–Crippen MR) is 54.2 cm³/mol. The van der Waals surface area contributed by atoms with Crippen LogP contribution in [0.15, 0.2) is 24.3 Å². The lowest BCUT2D eigenvalue weighted by Gasteiger charge is -2.09. The molecule has 0 radical (unpaired) electrons. The molecule has 0 amide bonds. The summed E-state index contributed by atoms with van der Waals surface area (Å²) in [5, 5.41) is 0. The van der Waals surface area contributed by atoms with Gasteiger partial charge >= 0.3 is 0 Å². The summed E-state index contributed by atoms with van der Waals surface area (Å²) < 4.78 is 12.5. The second kappa shape index (κ2) is 5.91. The van der Waals surface area contributed by atoms with E-state index in [0.717, 1.165) is 12.0 Å². The molecule has 0 spiro atoms. The van der Waals surface area contributed by atoms with Crippen LogP contribution < -0.4 is 11.5 Å². The van der Waals surface area contributed by atoms with E-state index in [-0.39, 0.29) is 24.3 Å². The summed E-state index contributed by atoms with van der Waals surface area (Å²) in [6.07, 6.45) is 0.728. The minimum Gasteiger partial charge on any atom is -0.330 e. The molecule has 0 saturated heterocycles. The van der Waals surface area contributed by atoms with Crippen LogP contribution >= 0.6 is 12.4 Å². The summed E-state index contributed by atoms with van der Waals surface area (Å²) in [6, 6.07) is 6.12. The maximum Gasteiger partial charge on any atom is 0.123 e. The van der Waals surface area contributed by atoms with Crippen molar-refractivity contribution in [1.29, 1.82) is 0 Å². The molecule has 4 heteroatoms. The number of benzene rings is 1. The van der Waals surface area contributed by atoms with Gasteiger partial charge in [0.25, 0.3) is 0 Å². The first-order chi connectivity index (χ1) is 5.74. The summed E-state index contributed by atoms with van der Waals surface area (Å²) in [4.78, 5) is 0. The van der Waals surface area contributed by atoms with Crippen LogP contribution in [-0.2, 0) is 0 Å². The average Bonchev–Trinajstić information content (AvgIpc) is 2.06. The summed E-state index contributed by atoms with van der Waals surface area (Å²) >= 11 is 0. The second-order valence-electron chi connectivity index (χ2n) is 2.74. The third-order valence-corrected chi connectivity index (χ3v) is 1.78. The Morgan fingerprint density at radius 2 is 1.77 bits per heavy atom. The summed E-state index contributed by atoms with van der Waals surface area (Å²) in [5.74, 6) is -0.237. The van der Waals surface area contributed by atoms with Crippen molar-refractivity contribution >= 4 is 12.4 Å². The van der Waals surface area contributed by atoms with Gasteiger partial charge in [0.15, 0.2) is 0 Å². The molecular weight excluding hydrogens is 191 g/mol. The molecule has 0 heterocycles. The first-order valence-electron chi connectivity index (χ1n) is 3.95. The minimum atomic E-state index is -0.237. The van der Waals surface area contributed by atoms with Crippen LogP contribution in [0.25, 0.3) is 0 Å². The Bertz CT molecular complexity index is 238. The smallest absolute Gasteiger partial charge is 0.123 e. The molecule has 1 aromatic rings. The normalized spacial score (nSPS) is 11.9. The van der Waals surface area contributed by atoms with Gasteiger partial charge < -0.3 is 11.5 Å². The molecule has 2 nitrogen and oxygen atoms in total. The molecule has 1 atom stereocenters. The minimum absolute atomic E-state index is 0. The van der Waals surface area contributed by atoms with Gasteiger partial charge in [0, 0.05) is 6.04 Å². The van der Waals surface area contributed by atoms with Gasteiger partial charge in [-0.1, -0.05) is 12.1 Å². The van der Waals surface area contributed by atoms with Crippen molar-refractivity contribution in [1.82, 2.24) is 0 Å². The zero-order chi connectivity index (χ0) is 8.97. The highest BCUT2D eigenvalue weighted by Crippen LogP contribution is 2.13.